The van der Waals surface area contributed by atoms with Crippen LogP contribution in [0.5, 0.6) is 0 Å². The third kappa shape index (κ3) is 2.14. The molecular formula is C13H21N3O2. The molecule has 0 aliphatic heterocycles. The highest BCUT2D eigenvalue weighted by Gasteiger charge is 2.47. The largest absolute Gasteiger partial charge is 0.387 e. The number of aliphatic hydroxyl groups is 1. The smallest absolute Gasteiger partial charge is 0.293 e. The van der Waals surface area contributed by atoms with Gasteiger partial charge < -0.3 is 15.0 Å². The molecule has 0 spiro atoms. The Morgan fingerprint density at radius 3 is 2.83 bits per heavy atom. The summed E-state index contributed by atoms with van der Waals surface area (Å²) in [5.74, 6) is 0.302. The highest BCUT2D eigenvalue weighted by Crippen LogP contribution is 2.45. The molecule has 5 heteroatoms. The van der Waals surface area contributed by atoms with Gasteiger partial charge in [-0.15, -0.1) is 0 Å². The van der Waals surface area contributed by atoms with E-state index in [0.717, 1.165) is 19.3 Å². The maximum atomic E-state index is 11.8. The standard InChI is InChI=1S/C13H21N3O2/c1-12(2)5-4-6-13(12,18)9-15-10-11(17)16(3)8-7-14-10/h7-8,18H,4-6,9H2,1-3H3,(H,14,15)/t13-/m1/s1. The molecule has 18 heavy (non-hydrogen) atoms. The fraction of sp³-hybridized carbons (Fsp3) is 0.692. The summed E-state index contributed by atoms with van der Waals surface area (Å²) in [5, 5.41) is 13.6. The molecule has 1 aromatic heterocycles. The van der Waals surface area contributed by atoms with E-state index in [2.05, 4.69) is 24.1 Å². The molecule has 5 nitrogen and oxygen atoms in total. The molecule has 2 N–H and O–H groups in total. The number of hydrogen-bond acceptors (Lipinski definition) is 4. The van der Waals surface area contributed by atoms with E-state index in [1.54, 1.807) is 19.4 Å². The first-order chi connectivity index (χ1) is 8.36. The lowest BCUT2D eigenvalue weighted by atomic mass is 9.78. The van der Waals surface area contributed by atoms with Crippen LogP contribution in [0.15, 0.2) is 17.2 Å². The zero-order valence-corrected chi connectivity index (χ0v) is 11.2. The van der Waals surface area contributed by atoms with Gasteiger partial charge in [0.2, 0.25) is 0 Å². The van der Waals surface area contributed by atoms with Gasteiger partial charge in [0, 0.05) is 26.0 Å². The topological polar surface area (TPSA) is 67.2 Å². The third-order valence-corrected chi connectivity index (χ3v) is 4.22. The van der Waals surface area contributed by atoms with Crippen molar-refractivity contribution < 1.29 is 5.11 Å². The van der Waals surface area contributed by atoms with Crippen LogP contribution < -0.4 is 10.9 Å². The van der Waals surface area contributed by atoms with Gasteiger partial charge in [0.1, 0.15) is 0 Å². The van der Waals surface area contributed by atoms with Gasteiger partial charge >= 0.3 is 0 Å². The normalized spacial score (nSPS) is 26.2. The Labute approximate surface area is 107 Å². The number of hydrogen-bond donors (Lipinski definition) is 2. The van der Waals surface area contributed by atoms with Gasteiger partial charge in [-0.05, 0) is 24.7 Å². The van der Waals surface area contributed by atoms with E-state index < -0.39 is 5.60 Å². The summed E-state index contributed by atoms with van der Waals surface area (Å²) in [6.07, 6.45) is 5.98. The molecule has 0 bridgehead atoms. The van der Waals surface area contributed by atoms with Crippen molar-refractivity contribution in [3.63, 3.8) is 0 Å². The van der Waals surface area contributed by atoms with Crippen molar-refractivity contribution in [1.82, 2.24) is 9.55 Å². The van der Waals surface area contributed by atoms with Gasteiger partial charge in [0.25, 0.3) is 5.56 Å². The second-order valence-corrected chi connectivity index (χ2v) is 5.81. The fourth-order valence-corrected chi connectivity index (χ4v) is 2.57. The maximum Gasteiger partial charge on any atom is 0.293 e. The summed E-state index contributed by atoms with van der Waals surface area (Å²) in [5.41, 5.74) is -1.06. The van der Waals surface area contributed by atoms with E-state index in [1.807, 2.05) is 0 Å². The maximum absolute atomic E-state index is 11.8. The van der Waals surface area contributed by atoms with Crippen molar-refractivity contribution in [3.8, 4) is 0 Å². The Hall–Kier alpha value is -1.36. The summed E-state index contributed by atoms with van der Waals surface area (Å²) < 4.78 is 1.47. The molecule has 100 valence electrons. The summed E-state index contributed by atoms with van der Waals surface area (Å²) in [7, 11) is 1.68. The van der Waals surface area contributed by atoms with Crippen molar-refractivity contribution in [2.24, 2.45) is 12.5 Å². The van der Waals surface area contributed by atoms with Crippen LogP contribution in [-0.4, -0.2) is 26.8 Å². The zero-order chi connectivity index (χ0) is 13.4. The van der Waals surface area contributed by atoms with Crippen molar-refractivity contribution in [1.29, 1.82) is 0 Å². The summed E-state index contributed by atoms with van der Waals surface area (Å²) in [6.45, 7) is 4.50. The lowest BCUT2D eigenvalue weighted by Gasteiger charge is -2.36. The van der Waals surface area contributed by atoms with Crippen LogP contribution in [-0.2, 0) is 7.05 Å². The number of nitrogens with one attached hydrogen (secondary N) is 1. The number of aryl methyl sites for hydroxylation is 1. The number of aromatic nitrogens is 2. The Morgan fingerprint density at radius 2 is 2.22 bits per heavy atom. The van der Waals surface area contributed by atoms with Crippen LogP contribution >= 0.6 is 0 Å². The van der Waals surface area contributed by atoms with Crippen LogP contribution in [0.1, 0.15) is 33.1 Å². The van der Waals surface area contributed by atoms with Crippen LogP contribution in [0, 0.1) is 5.41 Å². The molecule has 0 amide bonds. The molecule has 1 saturated carbocycles. The molecule has 0 unspecified atom stereocenters. The molecular weight excluding hydrogens is 230 g/mol. The van der Waals surface area contributed by atoms with E-state index in [1.165, 1.54) is 4.57 Å². The molecule has 1 aromatic rings. The number of rotatable bonds is 3. The van der Waals surface area contributed by atoms with Gasteiger partial charge in [-0.3, -0.25) is 4.79 Å². The van der Waals surface area contributed by atoms with Gasteiger partial charge in [-0.25, -0.2) is 4.98 Å². The quantitative estimate of drug-likeness (QED) is 0.845. The molecule has 1 atom stereocenters. The van der Waals surface area contributed by atoms with Crippen molar-refractivity contribution in [3.05, 3.63) is 22.7 Å². The van der Waals surface area contributed by atoms with Crippen LogP contribution in [0.3, 0.4) is 0 Å². The summed E-state index contributed by atoms with van der Waals surface area (Å²) in [6, 6.07) is 0. The average Bonchev–Trinajstić information content (AvgIpc) is 2.56. The summed E-state index contributed by atoms with van der Waals surface area (Å²) >= 11 is 0. The lowest BCUT2D eigenvalue weighted by Crippen LogP contribution is -2.46. The lowest BCUT2D eigenvalue weighted by molar-refractivity contribution is -0.0303. The first-order valence-corrected chi connectivity index (χ1v) is 6.34. The van der Waals surface area contributed by atoms with Gasteiger partial charge in [0.15, 0.2) is 5.82 Å². The molecule has 1 aliphatic carbocycles. The second-order valence-electron chi connectivity index (χ2n) is 5.81. The molecule has 1 fully saturated rings. The van der Waals surface area contributed by atoms with Crippen LogP contribution in [0.4, 0.5) is 5.82 Å². The number of nitrogens with zero attached hydrogens (tertiary/aromatic N) is 2. The van der Waals surface area contributed by atoms with E-state index in [4.69, 9.17) is 0 Å². The first kappa shape index (κ1) is 13.1. The predicted octanol–water partition coefficient (Wildman–Crippen LogP) is 1.13. The predicted molar refractivity (Wildman–Crippen MR) is 70.5 cm³/mol. The molecule has 2 rings (SSSR count). The van der Waals surface area contributed by atoms with Gasteiger partial charge in [0.05, 0.1) is 5.60 Å². The molecule has 0 saturated heterocycles. The van der Waals surface area contributed by atoms with Gasteiger partial charge in [-0.1, -0.05) is 13.8 Å². The van der Waals surface area contributed by atoms with E-state index in [9.17, 15) is 9.90 Å². The van der Waals surface area contributed by atoms with Gasteiger partial charge in [-0.2, -0.15) is 0 Å². The second kappa shape index (κ2) is 4.39. The first-order valence-electron chi connectivity index (χ1n) is 6.34. The van der Waals surface area contributed by atoms with Crippen molar-refractivity contribution in [2.45, 2.75) is 38.7 Å². The van der Waals surface area contributed by atoms with Crippen molar-refractivity contribution >= 4 is 5.82 Å². The minimum atomic E-state index is -0.768. The third-order valence-electron chi connectivity index (χ3n) is 4.22. The monoisotopic (exact) mass is 251 g/mol. The number of anilines is 1. The molecule has 0 radical (unpaired) electrons. The van der Waals surface area contributed by atoms with E-state index in [-0.39, 0.29) is 11.0 Å². The van der Waals surface area contributed by atoms with Crippen LogP contribution in [0.25, 0.3) is 0 Å². The SMILES string of the molecule is Cn1ccnc(NC[C@]2(O)CCCC2(C)C)c1=O. The Kier molecular flexibility index (Phi) is 3.19. The highest BCUT2D eigenvalue weighted by molar-refractivity contribution is 5.31. The molecule has 1 aliphatic rings. The minimum Gasteiger partial charge on any atom is -0.387 e. The fourth-order valence-electron chi connectivity index (χ4n) is 2.57. The zero-order valence-electron chi connectivity index (χ0n) is 11.2. The highest BCUT2D eigenvalue weighted by atomic mass is 16.3. The molecule has 0 aromatic carbocycles. The van der Waals surface area contributed by atoms with Crippen LogP contribution in [0.2, 0.25) is 0 Å². The van der Waals surface area contributed by atoms with Crippen molar-refractivity contribution in [2.75, 3.05) is 11.9 Å². The average molecular weight is 251 g/mol. The summed E-state index contributed by atoms with van der Waals surface area (Å²) in [4.78, 5) is 15.8. The Morgan fingerprint density at radius 1 is 1.50 bits per heavy atom. The minimum absolute atomic E-state index is 0.125. The van der Waals surface area contributed by atoms with E-state index in [0.29, 0.717) is 12.4 Å². The Bertz CT molecular complexity index is 495. The van der Waals surface area contributed by atoms with E-state index >= 15 is 0 Å². The molecule has 1 heterocycles. The Balaban J connectivity index is 2.13.